The first-order valence-electron chi connectivity index (χ1n) is 7.29. The van der Waals surface area contributed by atoms with E-state index in [0.29, 0.717) is 12.4 Å². The number of aryl methyl sites for hydroxylation is 2. The molecule has 1 atom stereocenters. The third-order valence-corrected chi connectivity index (χ3v) is 3.51. The van der Waals surface area contributed by atoms with Crippen LogP contribution in [0.1, 0.15) is 11.6 Å². The Morgan fingerprint density at radius 2 is 1.91 bits per heavy atom. The quantitative estimate of drug-likeness (QED) is 0.786. The van der Waals surface area contributed by atoms with Crippen LogP contribution in [0.4, 0.5) is 0 Å². The molecule has 0 fully saturated rings. The molecule has 22 heavy (non-hydrogen) atoms. The molecule has 0 saturated heterocycles. The van der Waals surface area contributed by atoms with Crippen molar-refractivity contribution in [1.29, 1.82) is 0 Å². The van der Waals surface area contributed by atoms with Gasteiger partial charge in [0.25, 0.3) is 0 Å². The smallest absolute Gasteiger partial charge is 0.147 e. The fourth-order valence-corrected chi connectivity index (χ4v) is 2.44. The molecule has 1 N–H and O–H groups in total. The minimum absolute atomic E-state index is 0.219. The summed E-state index contributed by atoms with van der Waals surface area (Å²) in [5.41, 5.74) is 0. The lowest BCUT2D eigenvalue weighted by molar-refractivity contribution is 0.0886. The molecular weight excluding hydrogens is 278 g/mol. The van der Waals surface area contributed by atoms with E-state index in [-0.39, 0.29) is 6.61 Å². The van der Waals surface area contributed by atoms with Gasteiger partial charge in [-0.25, -0.2) is 9.67 Å². The number of ether oxygens (including phenoxy) is 1. The van der Waals surface area contributed by atoms with Gasteiger partial charge in [0.15, 0.2) is 0 Å². The van der Waals surface area contributed by atoms with Crippen molar-refractivity contribution in [2.45, 2.75) is 26.5 Å². The van der Waals surface area contributed by atoms with Crippen LogP contribution in [-0.4, -0.2) is 32.6 Å². The maximum absolute atomic E-state index is 10.1. The van der Waals surface area contributed by atoms with E-state index in [9.17, 15) is 5.11 Å². The number of aliphatic hydroxyl groups excluding tert-OH is 1. The van der Waals surface area contributed by atoms with E-state index in [4.69, 9.17) is 4.74 Å². The average Bonchev–Trinajstić information content (AvgIpc) is 2.82. The standard InChI is InChI=1S/C17H19N3O2/c1-12-18-13(2)20(19-12)10-16(21)11-22-17-8-7-14-5-3-4-6-15(14)9-17/h3-9,16,21H,10-11H2,1-2H3/t16-/m1/s1. The van der Waals surface area contributed by atoms with Gasteiger partial charge in [0, 0.05) is 0 Å². The molecule has 0 unspecified atom stereocenters. The number of fused-ring (bicyclic) bond motifs is 1. The number of aliphatic hydroxyl groups is 1. The van der Waals surface area contributed by atoms with Gasteiger partial charge in [-0.05, 0) is 36.8 Å². The Morgan fingerprint density at radius 3 is 2.64 bits per heavy atom. The largest absolute Gasteiger partial charge is 0.491 e. The first kappa shape index (κ1) is 14.5. The maximum atomic E-state index is 10.1. The molecule has 0 aliphatic rings. The molecular formula is C17H19N3O2. The summed E-state index contributed by atoms with van der Waals surface area (Å²) in [6.45, 7) is 4.30. The first-order chi connectivity index (χ1) is 10.6. The van der Waals surface area contributed by atoms with E-state index in [0.717, 1.165) is 17.0 Å². The molecule has 1 heterocycles. The van der Waals surface area contributed by atoms with Crippen molar-refractivity contribution in [3.05, 3.63) is 54.1 Å². The number of aromatic nitrogens is 3. The Labute approximate surface area is 129 Å². The van der Waals surface area contributed by atoms with Crippen LogP contribution in [0.15, 0.2) is 42.5 Å². The number of hydrogen-bond donors (Lipinski definition) is 1. The van der Waals surface area contributed by atoms with E-state index in [1.807, 2.05) is 50.2 Å². The normalized spacial score (nSPS) is 12.5. The van der Waals surface area contributed by atoms with Crippen molar-refractivity contribution in [2.75, 3.05) is 6.61 Å². The van der Waals surface area contributed by atoms with Crippen LogP contribution in [0.25, 0.3) is 10.8 Å². The SMILES string of the molecule is Cc1nc(C)n(C[C@@H](O)COc2ccc3ccccc3c2)n1. The Morgan fingerprint density at radius 1 is 1.14 bits per heavy atom. The van der Waals surface area contributed by atoms with Crippen LogP contribution in [0.3, 0.4) is 0 Å². The van der Waals surface area contributed by atoms with E-state index >= 15 is 0 Å². The Bertz CT molecular complexity index is 782. The number of nitrogens with zero attached hydrogens (tertiary/aromatic N) is 3. The van der Waals surface area contributed by atoms with Gasteiger partial charge in [0.2, 0.25) is 0 Å². The molecule has 0 aliphatic carbocycles. The van der Waals surface area contributed by atoms with Crippen LogP contribution in [-0.2, 0) is 6.54 Å². The second kappa shape index (κ2) is 6.15. The minimum atomic E-state index is -0.633. The van der Waals surface area contributed by atoms with Crippen molar-refractivity contribution >= 4 is 10.8 Å². The zero-order valence-electron chi connectivity index (χ0n) is 12.7. The number of hydrogen-bond acceptors (Lipinski definition) is 4. The molecule has 114 valence electrons. The topological polar surface area (TPSA) is 60.2 Å². The highest BCUT2D eigenvalue weighted by Crippen LogP contribution is 2.20. The van der Waals surface area contributed by atoms with E-state index in [1.165, 1.54) is 5.39 Å². The molecule has 3 rings (SSSR count). The Hall–Kier alpha value is -2.40. The van der Waals surface area contributed by atoms with Crippen LogP contribution >= 0.6 is 0 Å². The molecule has 0 amide bonds. The molecule has 3 aromatic rings. The lowest BCUT2D eigenvalue weighted by Gasteiger charge is -2.13. The monoisotopic (exact) mass is 297 g/mol. The maximum Gasteiger partial charge on any atom is 0.147 e. The highest BCUT2D eigenvalue weighted by atomic mass is 16.5. The van der Waals surface area contributed by atoms with E-state index in [2.05, 4.69) is 16.1 Å². The summed E-state index contributed by atoms with van der Waals surface area (Å²) >= 11 is 0. The number of benzene rings is 2. The van der Waals surface area contributed by atoms with Gasteiger partial charge in [0.05, 0.1) is 6.54 Å². The summed E-state index contributed by atoms with van der Waals surface area (Å²) in [4.78, 5) is 4.22. The summed E-state index contributed by atoms with van der Waals surface area (Å²) < 4.78 is 7.38. The van der Waals surface area contributed by atoms with Gasteiger partial charge in [0.1, 0.15) is 30.1 Å². The predicted molar refractivity (Wildman–Crippen MR) is 84.9 cm³/mol. The zero-order valence-corrected chi connectivity index (χ0v) is 12.7. The van der Waals surface area contributed by atoms with Gasteiger partial charge in [-0.15, -0.1) is 0 Å². The molecule has 5 heteroatoms. The third kappa shape index (κ3) is 3.26. The molecule has 0 radical (unpaired) electrons. The molecule has 1 aromatic heterocycles. The Kier molecular flexibility index (Phi) is 4.06. The Balaban J connectivity index is 1.62. The average molecular weight is 297 g/mol. The van der Waals surface area contributed by atoms with Crippen LogP contribution in [0.2, 0.25) is 0 Å². The summed E-state index contributed by atoms with van der Waals surface area (Å²) in [6, 6.07) is 14.0. The summed E-state index contributed by atoms with van der Waals surface area (Å²) in [5.74, 6) is 2.26. The van der Waals surface area contributed by atoms with Gasteiger partial charge in [-0.1, -0.05) is 30.3 Å². The van der Waals surface area contributed by atoms with Gasteiger partial charge in [-0.2, -0.15) is 5.10 Å². The molecule has 2 aromatic carbocycles. The van der Waals surface area contributed by atoms with Crippen molar-refractivity contribution in [3.63, 3.8) is 0 Å². The molecule has 5 nitrogen and oxygen atoms in total. The van der Waals surface area contributed by atoms with Crippen molar-refractivity contribution in [1.82, 2.24) is 14.8 Å². The summed E-state index contributed by atoms with van der Waals surface area (Å²) in [7, 11) is 0. The zero-order chi connectivity index (χ0) is 15.5. The van der Waals surface area contributed by atoms with Crippen LogP contribution in [0, 0.1) is 13.8 Å². The van der Waals surface area contributed by atoms with Crippen molar-refractivity contribution in [3.8, 4) is 5.75 Å². The summed E-state index contributed by atoms with van der Waals surface area (Å²) in [5, 5.41) is 16.6. The second-order valence-electron chi connectivity index (χ2n) is 5.36. The lowest BCUT2D eigenvalue weighted by Crippen LogP contribution is -2.24. The van der Waals surface area contributed by atoms with Gasteiger partial charge in [-0.3, -0.25) is 0 Å². The highest BCUT2D eigenvalue weighted by Gasteiger charge is 2.10. The third-order valence-electron chi connectivity index (χ3n) is 3.51. The van der Waals surface area contributed by atoms with Crippen molar-refractivity contribution in [2.24, 2.45) is 0 Å². The first-order valence-corrected chi connectivity index (χ1v) is 7.29. The molecule has 0 aliphatic heterocycles. The second-order valence-corrected chi connectivity index (χ2v) is 5.36. The number of rotatable bonds is 5. The van der Waals surface area contributed by atoms with Crippen LogP contribution in [0.5, 0.6) is 5.75 Å². The molecule has 0 bridgehead atoms. The van der Waals surface area contributed by atoms with Crippen LogP contribution < -0.4 is 4.74 Å². The minimum Gasteiger partial charge on any atom is -0.491 e. The fraction of sp³-hybridized carbons (Fsp3) is 0.294. The lowest BCUT2D eigenvalue weighted by atomic mass is 10.1. The highest BCUT2D eigenvalue weighted by molar-refractivity contribution is 5.83. The van der Waals surface area contributed by atoms with Gasteiger partial charge < -0.3 is 9.84 Å². The summed E-state index contributed by atoms with van der Waals surface area (Å²) in [6.07, 6.45) is -0.633. The molecule has 0 saturated carbocycles. The van der Waals surface area contributed by atoms with E-state index in [1.54, 1.807) is 4.68 Å². The fourth-order valence-electron chi connectivity index (χ4n) is 2.44. The van der Waals surface area contributed by atoms with Crippen molar-refractivity contribution < 1.29 is 9.84 Å². The molecule has 0 spiro atoms. The van der Waals surface area contributed by atoms with E-state index < -0.39 is 6.10 Å². The predicted octanol–water partition coefficient (Wildman–Crippen LogP) is 2.49. The van der Waals surface area contributed by atoms with Gasteiger partial charge >= 0.3 is 0 Å².